The van der Waals surface area contributed by atoms with Crippen molar-refractivity contribution < 1.29 is 5.11 Å². The third kappa shape index (κ3) is 3.70. The summed E-state index contributed by atoms with van der Waals surface area (Å²) >= 11 is 0. The van der Waals surface area contributed by atoms with Crippen LogP contribution in [-0.2, 0) is 0 Å². The second-order valence-corrected chi connectivity index (χ2v) is 12.7. The molecule has 0 saturated carbocycles. The van der Waals surface area contributed by atoms with Gasteiger partial charge in [0.05, 0.1) is 6.10 Å². The van der Waals surface area contributed by atoms with Crippen LogP contribution in [0.5, 0.6) is 0 Å². The number of aliphatic hydroxyl groups excluding tert-OH is 1. The maximum absolute atomic E-state index is 11.2. The average Bonchev–Trinajstić information content (AvgIpc) is 2.73. The topological polar surface area (TPSA) is 32.3 Å². The standard InChI is InChI=1S/C26H31NOSi/c1-19-4-10-22(11-5-19)29(23-12-6-20(2)7-13-23,24-14-8-21(3)9-15-24)26-18-27-17-16-25(26)28/h4-15,25-28H,16-18H2,1-3H3. The van der Waals surface area contributed by atoms with Gasteiger partial charge < -0.3 is 10.4 Å². The monoisotopic (exact) mass is 401 g/mol. The van der Waals surface area contributed by atoms with Gasteiger partial charge in [-0.15, -0.1) is 0 Å². The molecule has 0 radical (unpaired) electrons. The Morgan fingerprint density at radius 1 is 0.690 bits per heavy atom. The molecule has 0 bridgehead atoms. The Hall–Kier alpha value is -2.20. The summed E-state index contributed by atoms with van der Waals surface area (Å²) < 4.78 is 0. The maximum atomic E-state index is 11.2. The molecule has 1 fully saturated rings. The SMILES string of the molecule is Cc1ccc([Si](c2ccc(C)cc2)(c2ccc(C)cc2)C2CNCCC2O)cc1. The molecule has 4 rings (SSSR count). The molecule has 29 heavy (non-hydrogen) atoms. The lowest BCUT2D eigenvalue weighted by molar-refractivity contribution is 0.136. The van der Waals surface area contributed by atoms with Crippen molar-refractivity contribution in [3.63, 3.8) is 0 Å². The van der Waals surface area contributed by atoms with Crippen molar-refractivity contribution in [2.24, 2.45) is 0 Å². The minimum Gasteiger partial charge on any atom is -0.393 e. The van der Waals surface area contributed by atoms with Gasteiger partial charge in [0.1, 0.15) is 0 Å². The molecule has 0 aliphatic carbocycles. The smallest absolute Gasteiger partial charge is 0.154 e. The van der Waals surface area contributed by atoms with Crippen molar-refractivity contribution in [2.45, 2.75) is 38.8 Å². The molecule has 3 heteroatoms. The fourth-order valence-electron chi connectivity index (χ4n) is 4.88. The van der Waals surface area contributed by atoms with E-state index >= 15 is 0 Å². The van der Waals surface area contributed by atoms with Crippen LogP contribution in [0.3, 0.4) is 0 Å². The highest BCUT2D eigenvalue weighted by Crippen LogP contribution is 2.30. The third-order valence-electron chi connectivity index (χ3n) is 6.52. The zero-order valence-electron chi connectivity index (χ0n) is 17.7. The molecule has 1 saturated heterocycles. The van der Waals surface area contributed by atoms with Crippen LogP contribution in [0.4, 0.5) is 0 Å². The highest BCUT2D eigenvalue weighted by Gasteiger charge is 2.49. The Balaban J connectivity index is 2.04. The van der Waals surface area contributed by atoms with Crippen molar-refractivity contribution in [3.8, 4) is 0 Å². The van der Waals surface area contributed by atoms with E-state index in [0.717, 1.165) is 19.5 Å². The Morgan fingerprint density at radius 2 is 1.07 bits per heavy atom. The number of aliphatic hydroxyl groups is 1. The van der Waals surface area contributed by atoms with Crippen molar-refractivity contribution in [1.29, 1.82) is 0 Å². The van der Waals surface area contributed by atoms with E-state index in [0.29, 0.717) is 0 Å². The number of piperidine rings is 1. The normalized spacial score (nSPS) is 19.9. The quantitative estimate of drug-likeness (QED) is 0.520. The average molecular weight is 402 g/mol. The predicted octanol–water partition coefficient (Wildman–Crippen LogP) is 2.81. The summed E-state index contributed by atoms with van der Waals surface area (Å²) in [6.07, 6.45) is 0.509. The minimum absolute atomic E-state index is 0.185. The van der Waals surface area contributed by atoms with Gasteiger partial charge in [0, 0.05) is 5.54 Å². The number of rotatable bonds is 4. The van der Waals surface area contributed by atoms with Gasteiger partial charge in [-0.05, 0) is 55.8 Å². The molecule has 0 spiro atoms. The molecule has 1 heterocycles. The Labute approximate surface area is 175 Å². The lowest BCUT2D eigenvalue weighted by Crippen LogP contribution is -2.73. The molecule has 0 aromatic heterocycles. The van der Waals surface area contributed by atoms with Gasteiger partial charge >= 0.3 is 0 Å². The zero-order valence-corrected chi connectivity index (χ0v) is 18.7. The summed E-state index contributed by atoms with van der Waals surface area (Å²) in [5.74, 6) is 0. The molecular formula is C26H31NOSi. The first-order valence-electron chi connectivity index (χ1n) is 10.6. The second kappa shape index (κ2) is 8.27. The van der Waals surface area contributed by atoms with E-state index in [4.69, 9.17) is 0 Å². The van der Waals surface area contributed by atoms with E-state index in [9.17, 15) is 5.11 Å². The molecule has 2 nitrogen and oxygen atoms in total. The van der Waals surface area contributed by atoms with Crippen molar-refractivity contribution in [1.82, 2.24) is 5.32 Å². The number of hydrogen-bond donors (Lipinski definition) is 2. The highest BCUT2D eigenvalue weighted by molar-refractivity contribution is 7.12. The van der Waals surface area contributed by atoms with Crippen LogP contribution >= 0.6 is 0 Å². The van der Waals surface area contributed by atoms with Gasteiger partial charge in [0.2, 0.25) is 0 Å². The van der Waals surface area contributed by atoms with Crippen LogP contribution in [0.2, 0.25) is 5.54 Å². The van der Waals surface area contributed by atoms with E-state index in [2.05, 4.69) is 98.9 Å². The van der Waals surface area contributed by atoms with Gasteiger partial charge in [-0.1, -0.05) is 89.5 Å². The number of aryl methyl sites for hydroxylation is 3. The maximum Gasteiger partial charge on any atom is 0.154 e. The van der Waals surface area contributed by atoms with Crippen LogP contribution in [0.1, 0.15) is 23.1 Å². The third-order valence-corrected chi connectivity index (χ3v) is 12.0. The van der Waals surface area contributed by atoms with E-state index < -0.39 is 8.07 Å². The van der Waals surface area contributed by atoms with Crippen LogP contribution in [0, 0.1) is 20.8 Å². The molecule has 150 valence electrons. The van der Waals surface area contributed by atoms with Crippen molar-refractivity contribution >= 4 is 23.6 Å². The lowest BCUT2D eigenvalue weighted by atomic mass is 10.1. The van der Waals surface area contributed by atoms with Gasteiger partial charge in [0.25, 0.3) is 0 Å². The Morgan fingerprint density at radius 3 is 1.41 bits per heavy atom. The molecular weight excluding hydrogens is 370 g/mol. The first-order chi connectivity index (χ1) is 14.0. The van der Waals surface area contributed by atoms with Crippen molar-refractivity contribution in [3.05, 3.63) is 89.5 Å². The second-order valence-electron chi connectivity index (χ2n) is 8.57. The van der Waals surface area contributed by atoms with Gasteiger partial charge in [-0.25, -0.2) is 0 Å². The zero-order chi connectivity index (χ0) is 20.4. The summed E-state index contributed by atoms with van der Waals surface area (Å²) in [7, 11) is -2.47. The lowest BCUT2D eigenvalue weighted by Gasteiger charge is -2.45. The van der Waals surface area contributed by atoms with Gasteiger partial charge in [-0.2, -0.15) is 0 Å². The van der Waals surface area contributed by atoms with Crippen LogP contribution in [0.15, 0.2) is 72.8 Å². The first-order valence-corrected chi connectivity index (χ1v) is 12.7. The molecule has 2 atom stereocenters. The van der Waals surface area contributed by atoms with E-state index in [1.807, 2.05) is 0 Å². The molecule has 2 unspecified atom stereocenters. The summed E-state index contributed by atoms with van der Waals surface area (Å²) in [6.45, 7) is 8.16. The fraction of sp³-hybridized carbons (Fsp3) is 0.308. The Bertz CT molecular complexity index is 837. The molecule has 0 amide bonds. The first kappa shape index (κ1) is 20.1. The summed E-state index contributed by atoms with van der Waals surface area (Å²) in [4.78, 5) is 0. The number of benzene rings is 3. The molecule has 3 aromatic carbocycles. The van der Waals surface area contributed by atoms with E-state index in [-0.39, 0.29) is 11.6 Å². The highest BCUT2D eigenvalue weighted by atomic mass is 28.3. The fourth-order valence-corrected chi connectivity index (χ4v) is 10.4. The predicted molar refractivity (Wildman–Crippen MR) is 125 cm³/mol. The van der Waals surface area contributed by atoms with Crippen molar-refractivity contribution in [2.75, 3.05) is 13.1 Å². The number of nitrogens with one attached hydrogen (secondary N) is 1. The van der Waals surface area contributed by atoms with Gasteiger partial charge in [0.15, 0.2) is 8.07 Å². The molecule has 1 aliphatic rings. The van der Waals surface area contributed by atoms with E-state index in [1.165, 1.54) is 32.3 Å². The van der Waals surface area contributed by atoms with Crippen LogP contribution < -0.4 is 20.9 Å². The van der Waals surface area contributed by atoms with E-state index in [1.54, 1.807) is 0 Å². The summed E-state index contributed by atoms with van der Waals surface area (Å²) in [5, 5.41) is 19.0. The van der Waals surface area contributed by atoms with Gasteiger partial charge in [-0.3, -0.25) is 0 Å². The summed E-state index contributed by atoms with van der Waals surface area (Å²) in [5.41, 5.74) is 4.00. The molecule has 2 N–H and O–H groups in total. The van der Waals surface area contributed by atoms with Crippen LogP contribution in [0.25, 0.3) is 0 Å². The Kier molecular flexibility index (Phi) is 5.73. The minimum atomic E-state index is -2.47. The largest absolute Gasteiger partial charge is 0.393 e. The van der Waals surface area contributed by atoms with Crippen LogP contribution in [-0.4, -0.2) is 32.4 Å². The molecule has 3 aromatic rings. The summed E-state index contributed by atoms with van der Waals surface area (Å²) in [6, 6.07) is 27.2. The number of hydrogen-bond acceptors (Lipinski definition) is 2. The molecule has 1 aliphatic heterocycles.